The highest BCUT2D eigenvalue weighted by molar-refractivity contribution is 5.33. The zero-order valence-electron chi connectivity index (χ0n) is 7.78. The summed E-state index contributed by atoms with van der Waals surface area (Å²) in [4.78, 5) is 2.76. The Morgan fingerprint density at radius 3 is 2.25 bits per heavy atom. The first-order valence-corrected chi connectivity index (χ1v) is 3.87. The minimum absolute atomic E-state index is 0.358. The van der Waals surface area contributed by atoms with E-state index in [9.17, 15) is 26.3 Å². The van der Waals surface area contributed by atoms with Crippen LogP contribution in [0.3, 0.4) is 0 Å². The van der Waals surface area contributed by atoms with Gasteiger partial charge in [0.15, 0.2) is 0 Å². The quantitative estimate of drug-likeness (QED) is 0.589. The first kappa shape index (κ1) is 12.6. The fraction of sp³-hybridized carbons (Fsp3) is 0.375. The number of hydrogen-bond donors (Lipinski definition) is 0. The monoisotopic (exact) mass is 245 g/mol. The molecule has 1 rings (SSSR count). The van der Waals surface area contributed by atoms with E-state index >= 15 is 0 Å². The Bertz CT molecular complexity index is 389. The highest BCUT2D eigenvalue weighted by Gasteiger charge is 2.40. The second-order valence-corrected chi connectivity index (χ2v) is 2.72. The van der Waals surface area contributed by atoms with E-state index in [-0.39, 0.29) is 0 Å². The molecule has 0 unspecified atom stereocenters. The van der Waals surface area contributed by atoms with Crippen LogP contribution in [0.4, 0.5) is 26.3 Å². The number of methoxy groups -OCH3 is 1. The molecule has 0 bridgehead atoms. The lowest BCUT2D eigenvalue weighted by molar-refractivity contribution is -0.142. The van der Waals surface area contributed by atoms with Gasteiger partial charge < -0.3 is 4.74 Å². The minimum atomic E-state index is -5.23. The van der Waals surface area contributed by atoms with Crippen molar-refractivity contribution in [2.75, 3.05) is 7.11 Å². The molecule has 0 N–H and O–H groups in total. The first-order chi connectivity index (χ1) is 7.27. The van der Waals surface area contributed by atoms with Gasteiger partial charge in [0.2, 0.25) is 11.8 Å². The standard InChI is InChI=1S/C8H5F6NO/c1-16-4-2-3(6(9)10)5(7(11)15-4)8(12,13)14/h2,6H,1H3. The van der Waals surface area contributed by atoms with Crippen molar-refractivity contribution in [1.82, 2.24) is 4.98 Å². The Morgan fingerprint density at radius 1 is 1.31 bits per heavy atom. The van der Waals surface area contributed by atoms with Gasteiger partial charge in [-0.1, -0.05) is 0 Å². The number of nitrogens with zero attached hydrogens (tertiary/aromatic N) is 1. The van der Waals surface area contributed by atoms with Gasteiger partial charge in [0.05, 0.1) is 7.11 Å². The number of rotatable bonds is 2. The number of pyridine rings is 1. The zero-order chi connectivity index (χ0) is 12.5. The van der Waals surface area contributed by atoms with Gasteiger partial charge in [0.1, 0.15) is 5.56 Å². The third-order valence-corrected chi connectivity index (χ3v) is 1.71. The highest BCUT2D eigenvalue weighted by Crippen LogP contribution is 2.38. The maximum Gasteiger partial charge on any atom is 0.421 e. The molecule has 0 aliphatic carbocycles. The van der Waals surface area contributed by atoms with Crippen molar-refractivity contribution in [3.63, 3.8) is 0 Å². The average Bonchev–Trinajstić information content (AvgIpc) is 2.14. The van der Waals surface area contributed by atoms with E-state index in [1.54, 1.807) is 0 Å². The fourth-order valence-electron chi connectivity index (χ4n) is 1.07. The van der Waals surface area contributed by atoms with Crippen molar-refractivity contribution in [2.45, 2.75) is 12.6 Å². The van der Waals surface area contributed by atoms with Gasteiger partial charge in [-0.25, -0.2) is 8.78 Å². The summed E-state index contributed by atoms with van der Waals surface area (Å²) < 4.78 is 78.6. The smallest absolute Gasteiger partial charge is 0.421 e. The SMILES string of the molecule is COc1cc(C(F)F)c(C(F)(F)F)c(F)n1. The molecule has 16 heavy (non-hydrogen) atoms. The second-order valence-electron chi connectivity index (χ2n) is 2.72. The van der Waals surface area contributed by atoms with Crippen LogP contribution in [0.2, 0.25) is 0 Å². The van der Waals surface area contributed by atoms with E-state index in [1.165, 1.54) is 0 Å². The molecule has 0 saturated heterocycles. The normalized spacial score (nSPS) is 12.0. The van der Waals surface area contributed by atoms with E-state index in [0.29, 0.717) is 6.07 Å². The van der Waals surface area contributed by atoms with Crippen molar-refractivity contribution in [1.29, 1.82) is 0 Å². The molecule has 0 saturated carbocycles. The molecule has 90 valence electrons. The van der Waals surface area contributed by atoms with Crippen LogP contribution < -0.4 is 4.74 Å². The summed E-state index contributed by atoms with van der Waals surface area (Å²) in [6.07, 6.45) is -8.70. The van der Waals surface area contributed by atoms with Crippen LogP contribution in [0.15, 0.2) is 6.07 Å². The molecule has 1 aromatic heterocycles. The Morgan fingerprint density at radius 2 is 1.88 bits per heavy atom. The number of ether oxygens (including phenoxy) is 1. The van der Waals surface area contributed by atoms with Gasteiger partial charge in [-0.3, -0.25) is 0 Å². The molecule has 0 radical (unpaired) electrons. The molecule has 0 aromatic carbocycles. The number of alkyl halides is 5. The van der Waals surface area contributed by atoms with Crippen molar-refractivity contribution in [2.24, 2.45) is 0 Å². The van der Waals surface area contributed by atoms with Crippen LogP contribution in [0.25, 0.3) is 0 Å². The lowest BCUT2D eigenvalue weighted by Gasteiger charge is -2.13. The maximum absolute atomic E-state index is 12.9. The fourth-order valence-corrected chi connectivity index (χ4v) is 1.07. The van der Waals surface area contributed by atoms with Crippen LogP contribution >= 0.6 is 0 Å². The van der Waals surface area contributed by atoms with Crippen molar-refractivity contribution in [3.05, 3.63) is 23.1 Å². The van der Waals surface area contributed by atoms with Crippen LogP contribution in [-0.4, -0.2) is 12.1 Å². The summed E-state index contributed by atoms with van der Waals surface area (Å²) in [5.74, 6) is -2.66. The lowest BCUT2D eigenvalue weighted by Crippen LogP contribution is -2.14. The molecule has 2 nitrogen and oxygen atoms in total. The Hall–Kier alpha value is -1.47. The Balaban J connectivity index is 3.46. The molecule has 0 spiro atoms. The Kier molecular flexibility index (Phi) is 3.30. The second kappa shape index (κ2) is 4.18. The number of aromatic nitrogens is 1. The Labute approximate surface area is 85.9 Å². The van der Waals surface area contributed by atoms with Gasteiger partial charge in [-0.05, 0) is 0 Å². The third kappa shape index (κ3) is 2.37. The molecule has 0 atom stereocenters. The molecule has 0 amide bonds. The minimum Gasteiger partial charge on any atom is -0.481 e. The van der Waals surface area contributed by atoms with Crippen LogP contribution in [-0.2, 0) is 6.18 Å². The average molecular weight is 245 g/mol. The first-order valence-electron chi connectivity index (χ1n) is 3.87. The third-order valence-electron chi connectivity index (χ3n) is 1.71. The summed E-state index contributed by atoms with van der Waals surface area (Å²) in [5.41, 5.74) is -3.56. The lowest BCUT2D eigenvalue weighted by atomic mass is 10.1. The van der Waals surface area contributed by atoms with Crippen molar-refractivity contribution >= 4 is 0 Å². The molecular weight excluding hydrogens is 240 g/mol. The molecule has 0 fully saturated rings. The van der Waals surface area contributed by atoms with E-state index in [4.69, 9.17) is 0 Å². The largest absolute Gasteiger partial charge is 0.481 e. The molecule has 8 heteroatoms. The number of hydrogen-bond acceptors (Lipinski definition) is 2. The number of halogens is 6. The predicted molar refractivity (Wildman–Crippen MR) is 40.7 cm³/mol. The predicted octanol–water partition coefficient (Wildman–Crippen LogP) is 3.19. The summed E-state index contributed by atoms with van der Waals surface area (Å²) >= 11 is 0. The van der Waals surface area contributed by atoms with Gasteiger partial charge in [-0.2, -0.15) is 22.5 Å². The summed E-state index contributed by atoms with van der Waals surface area (Å²) in [5, 5.41) is 0. The maximum atomic E-state index is 12.9. The van der Waals surface area contributed by atoms with Crippen LogP contribution in [0, 0.1) is 5.95 Å². The highest BCUT2D eigenvalue weighted by atomic mass is 19.4. The molecule has 1 aromatic rings. The van der Waals surface area contributed by atoms with E-state index < -0.39 is 35.6 Å². The molecule has 1 heterocycles. The van der Waals surface area contributed by atoms with E-state index in [1.807, 2.05) is 0 Å². The van der Waals surface area contributed by atoms with Crippen molar-refractivity contribution in [3.8, 4) is 5.88 Å². The molecule has 0 aliphatic rings. The summed E-state index contributed by atoms with van der Waals surface area (Å²) in [7, 11) is 0.976. The van der Waals surface area contributed by atoms with Gasteiger partial charge in [0, 0.05) is 11.6 Å². The van der Waals surface area contributed by atoms with Crippen LogP contribution in [0.5, 0.6) is 5.88 Å². The van der Waals surface area contributed by atoms with Gasteiger partial charge in [0.25, 0.3) is 6.43 Å². The molecule has 0 aliphatic heterocycles. The summed E-state index contributed by atoms with van der Waals surface area (Å²) in [6, 6.07) is 0.358. The van der Waals surface area contributed by atoms with Crippen molar-refractivity contribution < 1.29 is 31.1 Å². The van der Waals surface area contributed by atoms with Crippen LogP contribution in [0.1, 0.15) is 17.6 Å². The van der Waals surface area contributed by atoms with E-state index in [0.717, 1.165) is 7.11 Å². The topological polar surface area (TPSA) is 22.1 Å². The zero-order valence-corrected chi connectivity index (χ0v) is 7.78. The summed E-state index contributed by atoms with van der Waals surface area (Å²) in [6.45, 7) is 0. The van der Waals surface area contributed by atoms with E-state index in [2.05, 4.69) is 9.72 Å². The van der Waals surface area contributed by atoms with Gasteiger partial charge >= 0.3 is 6.18 Å². The molecular formula is C8H5F6NO. The van der Waals surface area contributed by atoms with Gasteiger partial charge in [-0.15, -0.1) is 0 Å².